The third-order valence-electron chi connectivity index (χ3n) is 4.60. The molecule has 2 atom stereocenters. The molecule has 0 aliphatic heterocycles. The summed E-state index contributed by atoms with van der Waals surface area (Å²) in [5, 5.41) is 11.3. The second-order valence-electron chi connectivity index (χ2n) is 6.30. The van der Waals surface area contributed by atoms with Crippen LogP contribution in [0.3, 0.4) is 0 Å². The Kier molecular flexibility index (Phi) is 4.05. The van der Waals surface area contributed by atoms with E-state index >= 15 is 0 Å². The Morgan fingerprint density at radius 1 is 1.24 bits per heavy atom. The first-order chi connectivity index (χ1) is 12.2. The number of carbonyl (C=O) groups is 1. The van der Waals surface area contributed by atoms with Crippen molar-refractivity contribution in [2.24, 2.45) is 13.0 Å². The van der Waals surface area contributed by atoms with E-state index < -0.39 is 0 Å². The molecule has 2 N–H and O–H groups in total. The molecule has 1 saturated carbocycles. The van der Waals surface area contributed by atoms with E-state index in [1.54, 1.807) is 10.9 Å². The van der Waals surface area contributed by atoms with Crippen LogP contribution in [0.1, 0.15) is 17.9 Å². The van der Waals surface area contributed by atoms with Crippen LogP contribution in [0.15, 0.2) is 42.9 Å². The molecule has 3 aromatic rings. The van der Waals surface area contributed by atoms with E-state index in [-0.39, 0.29) is 11.8 Å². The minimum Gasteiger partial charge on any atom is -0.368 e. The van der Waals surface area contributed by atoms with Crippen LogP contribution in [0.2, 0.25) is 0 Å². The minimum absolute atomic E-state index is 0.103. The molecule has 2 aromatic heterocycles. The molecule has 1 aliphatic rings. The van der Waals surface area contributed by atoms with E-state index in [1.807, 2.05) is 25.2 Å². The van der Waals surface area contributed by atoms with Gasteiger partial charge in [0.2, 0.25) is 5.91 Å². The fourth-order valence-corrected chi connectivity index (χ4v) is 3.15. The molecule has 1 aliphatic carbocycles. The van der Waals surface area contributed by atoms with E-state index in [0.717, 1.165) is 23.3 Å². The van der Waals surface area contributed by atoms with Crippen molar-refractivity contribution in [3.63, 3.8) is 0 Å². The van der Waals surface area contributed by atoms with Gasteiger partial charge < -0.3 is 10.6 Å². The smallest absolute Gasteiger partial charge is 0.223 e. The second-order valence-corrected chi connectivity index (χ2v) is 6.30. The maximum Gasteiger partial charge on any atom is 0.223 e. The van der Waals surface area contributed by atoms with Gasteiger partial charge in [0.1, 0.15) is 12.1 Å². The van der Waals surface area contributed by atoms with Gasteiger partial charge in [-0.1, -0.05) is 30.3 Å². The average Bonchev–Trinajstić information content (AvgIpc) is 3.37. The summed E-state index contributed by atoms with van der Waals surface area (Å²) < 4.78 is 1.71. The van der Waals surface area contributed by atoms with Gasteiger partial charge in [0.15, 0.2) is 5.65 Å². The van der Waals surface area contributed by atoms with Crippen LogP contribution in [0.4, 0.5) is 5.82 Å². The Bertz CT molecular complexity index is 891. The van der Waals surface area contributed by atoms with Gasteiger partial charge in [-0.3, -0.25) is 9.48 Å². The van der Waals surface area contributed by atoms with Crippen molar-refractivity contribution in [3.8, 4) is 0 Å². The van der Waals surface area contributed by atoms with Crippen molar-refractivity contribution in [1.82, 2.24) is 25.1 Å². The lowest BCUT2D eigenvalue weighted by Crippen LogP contribution is -2.30. The molecule has 0 unspecified atom stereocenters. The van der Waals surface area contributed by atoms with Gasteiger partial charge in [0.05, 0.1) is 11.6 Å². The molecule has 0 spiro atoms. The summed E-state index contributed by atoms with van der Waals surface area (Å²) in [7, 11) is 1.85. The lowest BCUT2D eigenvalue weighted by atomic mass is 10.1. The highest BCUT2D eigenvalue weighted by atomic mass is 16.2. The number of aromatic nitrogens is 4. The summed E-state index contributed by atoms with van der Waals surface area (Å²) >= 11 is 0. The summed E-state index contributed by atoms with van der Waals surface area (Å²) in [4.78, 5) is 20.7. The molecule has 1 amide bonds. The van der Waals surface area contributed by atoms with Crippen molar-refractivity contribution in [2.45, 2.75) is 12.3 Å². The molecule has 1 aromatic carbocycles. The van der Waals surface area contributed by atoms with Gasteiger partial charge in [-0.2, -0.15) is 5.10 Å². The molecule has 0 bridgehead atoms. The lowest BCUT2D eigenvalue weighted by molar-refractivity contribution is -0.122. The number of nitrogens with one attached hydrogen (secondary N) is 2. The Morgan fingerprint density at radius 2 is 2.08 bits per heavy atom. The fourth-order valence-electron chi connectivity index (χ4n) is 3.15. The van der Waals surface area contributed by atoms with Crippen LogP contribution in [0.5, 0.6) is 0 Å². The predicted molar refractivity (Wildman–Crippen MR) is 95.1 cm³/mol. The topological polar surface area (TPSA) is 84.7 Å². The number of amides is 1. The van der Waals surface area contributed by atoms with Crippen molar-refractivity contribution < 1.29 is 4.79 Å². The number of benzene rings is 1. The van der Waals surface area contributed by atoms with Gasteiger partial charge in [0.25, 0.3) is 0 Å². The number of nitrogens with zero attached hydrogens (tertiary/aromatic N) is 4. The Labute approximate surface area is 145 Å². The summed E-state index contributed by atoms with van der Waals surface area (Å²) in [6.07, 6.45) is 4.19. The zero-order chi connectivity index (χ0) is 17.2. The van der Waals surface area contributed by atoms with Gasteiger partial charge >= 0.3 is 0 Å². The van der Waals surface area contributed by atoms with Gasteiger partial charge in [0, 0.05) is 26.1 Å². The molecule has 4 rings (SSSR count). The second kappa shape index (κ2) is 6.51. The zero-order valence-electron chi connectivity index (χ0n) is 14.0. The minimum atomic E-state index is 0.103. The lowest BCUT2D eigenvalue weighted by Gasteiger charge is -2.08. The Hall–Kier alpha value is -2.96. The molecule has 2 heterocycles. The van der Waals surface area contributed by atoms with Crippen molar-refractivity contribution >= 4 is 22.8 Å². The quantitative estimate of drug-likeness (QED) is 0.669. The highest BCUT2D eigenvalue weighted by Crippen LogP contribution is 2.47. The summed E-state index contributed by atoms with van der Waals surface area (Å²) in [5.41, 5.74) is 2.03. The van der Waals surface area contributed by atoms with Crippen LogP contribution < -0.4 is 10.6 Å². The molecule has 1 fully saturated rings. The van der Waals surface area contributed by atoms with Crippen LogP contribution in [-0.2, 0) is 11.8 Å². The van der Waals surface area contributed by atoms with Crippen molar-refractivity contribution in [3.05, 3.63) is 48.4 Å². The molecule has 7 nitrogen and oxygen atoms in total. The average molecular weight is 336 g/mol. The van der Waals surface area contributed by atoms with Gasteiger partial charge in [-0.15, -0.1) is 0 Å². The number of hydrogen-bond donors (Lipinski definition) is 2. The maximum atomic E-state index is 12.2. The maximum absolute atomic E-state index is 12.2. The van der Waals surface area contributed by atoms with E-state index in [2.05, 4.69) is 37.8 Å². The molecule has 128 valence electrons. The first-order valence-corrected chi connectivity index (χ1v) is 8.43. The van der Waals surface area contributed by atoms with Crippen LogP contribution in [0.25, 0.3) is 11.0 Å². The zero-order valence-corrected chi connectivity index (χ0v) is 14.0. The molecule has 7 heteroatoms. The van der Waals surface area contributed by atoms with E-state index in [1.165, 1.54) is 11.9 Å². The highest BCUT2D eigenvalue weighted by molar-refractivity contribution is 5.86. The molecule has 0 radical (unpaired) electrons. The standard InChI is InChI=1S/C18H20N6O/c1-24-17-15(10-23-24)16(21-11-22-17)19-7-8-20-18(25)14-9-13(14)12-5-3-2-4-6-12/h2-6,10-11,13-14H,7-9H2,1H3,(H,20,25)(H,19,21,22)/t13-,14-/m0/s1. The molecular formula is C18H20N6O. The van der Waals surface area contributed by atoms with Crippen LogP contribution in [0, 0.1) is 5.92 Å². The van der Waals surface area contributed by atoms with Crippen LogP contribution in [-0.4, -0.2) is 38.7 Å². The Balaban J connectivity index is 1.26. The number of rotatable bonds is 6. The number of hydrogen-bond acceptors (Lipinski definition) is 5. The normalized spacial score (nSPS) is 18.9. The van der Waals surface area contributed by atoms with E-state index in [9.17, 15) is 4.79 Å². The molecule has 25 heavy (non-hydrogen) atoms. The highest BCUT2D eigenvalue weighted by Gasteiger charge is 2.43. The van der Waals surface area contributed by atoms with Crippen LogP contribution >= 0.6 is 0 Å². The first kappa shape index (κ1) is 15.6. The molecule has 0 saturated heterocycles. The van der Waals surface area contributed by atoms with Gasteiger partial charge in [-0.05, 0) is 17.9 Å². The van der Waals surface area contributed by atoms with Crippen molar-refractivity contribution in [2.75, 3.05) is 18.4 Å². The first-order valence-electron chi connectivity index (χ1n) is 8.43. The Morgan fingerprint density at radius 3 is 2.92 bits per heavy atom. The number of anilines is 1. The number of aryl methyl sites for hydroxylation is 1. The van der Waals surface area contributed by atoms with E-state index in [4.69, 9.17) is 0 Å². The third-order valence-corrected chi connectivity index (χ3v) is 4.60. The number of carbonyl (C=O) groups excluding carboxylic acids is 1. The summed E-state index contributed by atoms with van der Waals surface area (Å²) in [6, 6.07) is 10.2. The summed E-state index contributed by atoms with van der Waals surface area (Å²) in [5.74, 6) is 1.34. The predicted octanol–water partition coefficient (Wildman–Crippen LogP) is 1.70. The number of fused-ring (bicyclic) bond motifs is 1. The largest absolute Gasteiger partial charge is 0.368 e. The SMILES string of the molecule is Cn1ncc2c(NCCNC(=O)[C@H]3C[C@H]3c3ccccc3)ncnc21. The monoisotopic (exact) mass is 336 g/mol. The van der Waals surface area contributed by atoms with E-state index in [0.29, 0.717) is 19.0 Å². The molecular weight excluding hydrogens is 316 g/mol. The summed E-state index contributed by atoms with van der Waals surface area (Å²) in [6.45, 7) is 1.16. The fraction of sp³-hybridized carbons (Fsp3) is 0.333. The van der Waals surface area contributed by atoms with Crippen molar-refractivity contribution in [1.29, 1.82) is 0 Å². The van der Waals surface area contributed by atoms with Gasteiger partial charge in [-0.25, -0.2) is 9.97 Å². The third kappa shape index (κ3) is 3.17.